The zero-order chi connectivity index (χ0) is 19.5. The minimum atomic E-state index is -4.65. The Morgan fingerprint density at radius 1 is 1.26 bits per heavy atom. The summed E-state index contributed by atoms with van der Waals surface area (Å²) < 4.78 is 66.4. The number of hydrogen-bond donors (Lipinski definition) is 2. The van der Waals surface area contributed by atoms with Crippen LogP contribution >= 0.6 is 0 Å². The van der Waals surface area contributed by atoms with Crippen LogP contribution in [0.3, 0.4) is 0 Å². The largest absolute Gasteiger partial charge is 0.432 e. The molecule has 0 spiro atoms. The van der Waals surface area contributed by atoms with Gasteiger partial charge < -0.3 is 9.88 Å². The minimum absolute atomic E-state index is 0.0145. The number of nitrogens with zero attached hydrogens (tertiary/aromatic N) is 2. The average molecular weight is 384 g/mol. The molecule has 0 aliphatic carbocycles. The van der Waals surface area contributed by atoms with Crippen LogP contribution in [-0.4, -0.2) is 32.0 Å². The molecule has 0 saturated heterocycles. The predicted molar refractivity (Wildman–Crippen MR) is 84.8 cm³/mol. The van der Waals surface area contributed by atoms with Crippen molar-refractivity contribution < 1.29 is 26.7 Å². The van der Waals surface area contributed by atoms with E-state index in [0.717, 1.165) is 12.1 Å². The molecule has 0 bridgehead atoms. The van der Waals surface area contributed by atoms with Crippen LogP contribution < -0.4 is 0 Å². The first-order valence-corrected chi connectivity index (χ1v) is 8.08. The second-order valence-corrected chi connectivity index (χ2v) is 6.51. The highest BCUT2D eigenvalue weighted by Gasteiger charge is 2.36. The summed E-state index contributed by atoms with van der Waals surface area (Å²) in [6.45, 7) is 1.64. The Kier molecular flexibility index (Phi) is 3.76. The predicted octanol–water partition coefficient (Wildman–Crippen LogP) is 3.78. The van der Waals surface area contributed by atoms with Crippen LogP contribution in [0.1, 0.15) is 34.4 Å². The maximum Gasteiger partial charge on any atom is 0.432 e. The second kappa shape index (κ2) is 5.80. The maximum atomic E-state index is 14.2. The van der Waals surface area contributed by atoms with Crippen LogP contribution in [0.5, 0.6) is 0 Å². The topological polar surface area (TPSA) is 64.8 Å². The van der Waals surface area contributed by atoms with Gasteiger partial charge in [0.2, 0.25) is 0 Å². The van der Waals surface area contributed by atoms with Gasteiger partial charge in [-0.2, -0.15) is 18.3 Å². The lowest BCUT2D eigenvalue weighted by atomic mass is 9.98. The molecule has 4 rings (SSSR count). The quantitative estimate of drug-likeness (QED) is 0.628. The first-order valence-electron chi connectivity index (χ1n) is 8.08. The van der Waals surface area contributed by atoms with Gasteiger partial charge in [-0.3, -0.25) is 9.89 Å². The van der Waals surface area contributed by atoms with Crippen LogP contribution in [0.2, 0.25) is 0 Å². The van der Waals surface area contributed by atoms with Gasteiger partial charge in [0.05, 0.1) is 5.52 Å². The lowest BCUT2D eigenvalue weighted by Crippen LogP contribution is -2.42. The van der Waals surface area contributed by atoms with E-state index in [1.54, 1.807) is 12.0 Å². The van der Waals surface area contributed by atoms with Crippen molar-refractivity contribution in [1.82, 2.24) is 20.1 Å². The minimum Gasteiger partial charge on any atom is -0.356 e. The summed E-state index contributed by atoms with van der Waals surface area (Å²) in [5, 5.41) is 5.30. The molecule has 1 aliphatic heterocycles. The van der Waals surface area contributed by atoms with E-state index in [9.17, 15) is 26.7 Å². The van der Waals surface area contributed by atoms with Crippen LogP contribution in [0.25, 0.3) is 10.9 Å². The number of amides is 1. The summed E-state index contributed by atoms with van der Waals surface area (Å²) in [4.78, 5) is 16.8. The van der Waals surface area contributed by atoms with E-state index < -0.39 is 35.5 Å². The molecule has 10 heteroatoms. The fraction of sp³-hybridized carbons (Fsp3) is 0.294. The maximum absolute atomic E-state index is 14.2. The fourth-order valence-electron chi connectivity index (χ4n) is 3.42. The Hall–Kier alpha value is -2.91. The Morgan fingerprint density at radius 3 is 2.63 bits per heavy atom. The van der Waals surface area contributed by atoms with Gasteiger partial charge in [-0.15, -0.1) is 0 Å². The van der Waals surface area contributed by atoms with Gasteiger partial charge in [0.1, 0.15) is 17.3 Å². The van der Waals surface area contributed by atoms with Crippen molar-refractivity contribution in [3.05, 3.63) is 52.5 Å². The van der Waals surface area contributed by atoms with Gasteiger partial charge in [0, 0.05) is 41.7 Å². The molecule has 142 valence electrons. The number of nitrogens with one attached hydrogen (secondary N) is 2. The summed E-state index contributed by atoms with van der Waals surface area (Å²) >= 11 is 0. The fourth-order valence-corrected chi connectivity index (χ4v) is 3.42. The Bertz CT molecular complexity index is 1050. The third-order valence-electron chi connectivity index (χ3n) is 4.77. The number of rotatable bonds is 1. The van der Waals surface area contributed by atoms with Crippen LogP contribution in [0.4, 0.5) is 22.0 Å². The number of carbonyl (C=O) groups excluding carboxylic acids is 1. The van der Waals surface area contributed by atoms with Gasteiger partial charge in [-0.05, 0) is 19.1 Å². The first-order chi connectivity index (χ1) is 12.7. The monoisotopic (exact) mass is 384 g/mol. The standard InChI is InChI=1S/C17H13F5N4O/c1-7-4-11-8(14-9(18)2-3-10(19)15(14)23-11)6-26(7)16(27)12-5-13(25-24-12)17(20,21)22/h2-3,5,7,23H,4,6H2,1H3,(H,24,25). The second-order valence-electron chi connectivity index (χ2n) is 6.51. The smallest absolute Gasteiger partial charge is 0.356 e. The molecule has 3 heterocycles. The Labute approximate surface area is 149 Å². The van der Waals surface area contributed by atoms with Crippen molar-refractivity contribution in [1.29, 1.82) is 0 Å². The van der Waals surface area contributed by atoms with E-state index in [0.29, 0.717) is 17.3 Å². The van der Waals surface area contributed by atoms with Crippen molar-refractivity contribution in [3.8, 4) is 0 Å². The zero-order valence-electron chi connectivity index (χ0n) is 13.9. The molecule has 1 amide bonds. The van der Waals surface area contributed by atoms with Crippen LogP contribution in [-0.2, 0) is 19.1 Å². The summed E-state index contributed by atoms with van der Waals surface area (Å²) in [7, 11) is 0. The highest BCUT2D eigenvalue weighted by molar-refractivity contribution is 5.94. The van der Waals surface area contributed by atoms with Gasteiger partial charge >= 0.3 is 6.18 Å². The van der Waals surface area contributed by atoms with E-state index in [1.807, 2.05) is 0 Å². The number of halogens is 5. The molecule has 5 nitrogen and oxygen atoms in total. The average Bonchev–Trinajstić information content (AvgIpc) is 3.22. The molecular formula is C17H13F5N4O. The van der Waals surface area contributed by atoms with Crippen LogP contribution in [0, 0.1) is 11.6 Å². The molecule has 1 aliphatic rings. The first kappa shape index (κ1) is 17.5. The van der Waals surface area contributed by atoms with Crippen LogP contribution in [0.15, 0.2) is 18.2 Å². The lowest BCUT2D eigenvalue weighted by Gasteiger charge is -2.33. The third kappa shape index (κ3) is 2.75. The normalized spacial score (nSPS) is 17.4. The molecule has 27 heavy (non-hydrogen) atoms. The number of H-pyrrole nitrogens is 2. The number of carbonyl (C=O) groups is 1. The highest BCUT2D eigenvalue weighted by Crippen LogP contribution is 2.34. The Balaban J connectivity index is 1.72. The van der Waals surface area contributed by atoms with Crippen molar-refractivity contribution >= 4 is 16.8 Å². The van der Waals surface area contributed by atoms with E-state index in [2.05, 4.69) is 10.1 Å². The van der Waals surface area contributed by atoms with E-state index in [4.69, 9.17) is 0 Å². The van der Waals surface area contributed by atoms with Crippen molar-refractivity contribution in [2.45, 2.75) is 32.1 Å². The molecule has 0 radical (unpaired) electrons. The molecule has 2 aromatic heterocycles. The lowest BCUT2D eigenvalue weighted by molar-refractivity contribution is -0.141. The molecule has 1 unspecified atom stereocenters. The van der Waals surface area contributed by atoms with Crippen molar-refractivity contribution in [2.24, 2.45) is 0 Å². The van der Waals surface area contributed by atoms with Crippen molar-refractivity contribution in [2.75, 3.05) is 0 Å². The summed E-state index contributed by atoms with van der Waals surface area (Å²) in [6, 6.07) is 2.25. The number of fused-ring (bicyclic) bond motifs is 3. The molecule has 3 aromatic rings. The molecular weight excluding hydrogens is 371 g/mol. The zero-order valence-corrected chi connectivity index (χ0v) is 13.9. The molecule has 2 N–H and O–H groups in total. The molecule has 1 aromatic carbocycles. The molecule has 0 saturated carbocycles. The number of hydrogen-bond acceptors (Lipinski definition) is 2. The number of aromatic amines is 2. The Morgan fingerprint density at radius 2 is 1.96 bits per heavy atom. The number of aromatic nitrogens is 3. The number of benzene rings is 1. The van der Waals surface area contributed by atoms with Gasteiger partial charge in [-0.25, -0.2) is 8.78 Å². The summed E-state index contributed by atoms with van der Waals surface area (Å²) in [5.74, 6) is -1.97. The summed E-state index contributed by atoms with van der Waals surface area (Å²) in [6.07, 6.45) is -4.37. The SMILES string of the molecule is CC1Cc2[nH]c3c(F)ccc(F)c3c2CN1C(=O)c1cc(C(F)(F)F)[nH]n1. The third-order valence-corrected chi connectivity index (χ3v) is 4.77. The molecule has 1 atom stereocenters. The van der Waals surface area contributed by atoms with E-state index >= 15 is 0 Å². The van der Waals surface area contributed by atoms with E-state index in [-0.39, 0.29) is 29.6 Å². The summed E-state index contributed by atoms with van der Waals surface area (Å²) in [5.41, 5.74) is -0.482. The van der Waals surface area contributed by atoms with Gasteiger partial charge in [0.15, 0.2) is 5.69 Å². The van der Waals surface area contributed by atoms with Gasteiger partial charge in [-0.1, -0.05) is 0 Å². The van der Waals surface area contributed by atoms with E-state index in [1.165, 1.54) is 4.90 Å². The van der Waals surface area contributed by atoms with Gasteiger partial charge in [0.25, 0.3) is 5.91 Å². The number of alkyl halides is 3. The molecule has 0 fully saturated rings. The van der Waals surface area contributed by atoms with Crippen molar-refractivity contribution in [3.63, 3.8) is 0 Å². The highest BCUT2D eigenvalue weighted by atomic mass is 19.4.